The van der Waals surface area contributed by atoms with Crippen LogP contribution in [0.3, 0.4) is 0 Å². The van der Waals surface area contributed by atoms with Crippen molar-refractivity contribution in [2.24, 2.45) is 9.98 Å². The Morgan fingerprint density at radius 1 is 0.361 bits per heavy atom. The first kappa shape index (κ1) is 57.3. The van der Waals surface area contributed by atoms with E-state index in [1.807, 2.05) is 0 Å². The van der Waals surface area contributed by atoms with E-state index in [1.165, 1.54) is 255 Å². The summed E-state index contributed by atoms with van der Waals surface area (Å²) in [5.41, 5.74) is 6.13. The van der Waals surface area contributed by atoms with Gasteiger partial charge >= 0.3 is 0 Å². The van der Waals surface area contributed by atoms with Crippen molar-refractivity contribution in [3.05, 3.63) is 59.7 Å². The molecule has 2 nitrogen and oxygen atoms in total. The largest absolute Gasteiger partial charge is 0.255 e. The zero-order chi connectivity index (χ0) is 42.7. The molecule has 0 amide bonds. The average Bonchev–Trinajstić information content (AvgIpc) is 3.26. The second-order valence-electron chi connectivity index (χ2n) is 18.8. The van der Waals surface area contributed by atoms with Crippen LogP contribution in [0.4, 0.5) is 11.4 Å². The Labute approximate surface area is 391 Å². The van der Waals surface area contributed by atoms with Gasteiger partial charge < -0.3 is 0 Å². The van der Waals surface area contributed by atoms with Crippen molar-refractivity contribution < 1.29 is 16.5 Å². The summed E-state index contributed by atoms with van der Waals surface area (Å²) in [6, 6.07) is 18.0. The van der Waals surface area contributed by atoms with E-state index in [4.69, 9.17) is 9.98 Å². The van der Waals surface area contributed by atoms with Crippen molar-refractivity contribution >= 4 is 23.3 Å². The molecule has 0 spiro atoms. The van der Waals surface area contributed by atoms with Crippen LogP contribution in [0.1, 0.15) is 282 Å². The zero-order valence-corrected chi connectivity index (χ0v) is 41.9. The number of benzene rings is 2. The molecule has 0 N–H and O–H groups in total. The molecular weight excluding hydrogens is 783 g/mol. The summed E-state index contributed by atoms with van der Waals surface area (Å²) in [5.74, 6) is 0. The van der Waals surface area contributed by atoms with Gasteiger partial charge in [0.05, 0.1) is 17.1 Å². The van der Waals surface area contributed by atoms with Crippen LogP contribution in [-0.2, 0) is 29.3 Å². The average molecular weight is 884 g/mol. The van der Waals surface area contributed by atoms with Gasteiger partial charge in [-0.15, -0.1) is 0 Å². The second kappa shape index (κ2) is 44.9. The van der Waals surface area contributed by atoms with Crippen molar-refractivity contribution in [2.45, 2.75) is 284 Å². The van der Waals surface area contributed by atoms with Crippen LogP contribution in [0.2, 0.25) is 0 Å². The Hall–Kier alpha value is -1.73. The second-order valence-corrected chi connectivity index (χ2v) is 18.8. The maximum absolute atomic E-state index is 5.21. The van der Waals surface area contributed by atoms with E-state index in [0.717, 1.165) is 36.3 Å². The summed E-state index contributed by atoms with van der Waals surface area (Å²) in [7, 11) is 0. The van der Waals surface area contributed by atoms with E-state index in [2.05, 4.69) is 75.5 Å². The summed E-state index contributed by atoms with van der Waals surface area (Å²) in [4.78, 5) is 10.2. The molecule has 2 aromatic rings. The van der Waals surface area contributed by atoms with Gasteiger partial charge in [0.15, 0.2) is 0 Å². The molecule has 0 fully saturated rings. The van der Waals surface area contributed by atoms with E-state index in [-0.39, 0.29) is 16.5 Å². The van der Waals surface area contributed by atoms with Crippen molar-refractivity contribution in [3.63, 3.8) is 0 Å². The predicted octanol–water partition coefficient (Wildman–Crippen LogP) is 20.5. The Balaban J connectivity index is 0.0000186. The molecule has 0 unspecified atom stereocenters. The number of hydrogen-bond donors (Lipinski definition) is 0. The van der Waals surface area contributed by atoms with Gasteiger partial charge in [0.1, 0.15) is 0 Å². The molecule has 0 saturated carbocycles. The van der Waals surface area contributed by atoms with Crippen LogP contribution in [0.5, 0.6) is 0 Å². The Bertz CT molecular complexity index is 1270. The molecule has 0 bridgehead atoms. The van der Waals surface area contributed by atoms with Gasteiger partial charge in [-0.1, -0.05) is 270 Å². The van der Waals surface area contributed by atoms with Crippen LogP contribution in [0.25, 0.3) is 0 Å². The molecule has 0 aliphatic carbocycles. The summed E-state index contributed by atoms with van der Waals surface area (Å²) < 4.78 is 0. The van der Waals surface area contributed by atoms with E-state index >= 15 is 0 Å². The molecule has 0 atom stereocenters. The van der Waals surface area contributed by atoms with Gasteiger partial charge in [0, 0.05) is 22.7 Å². The van der Waals surface area contributed by atoms with Crippen LogP contribution in [-0.4, -0.2) is 11.9 Å². The number of unbranched alkanes of at least 4 members (excludes halogenated alkanes) is 35. The topological polar surface area (TPSA) is 24.7 Å². The molecule has 0 aliphatic rings. The minimum atomic E-state index is 0. The molecular formula is C58H100N2Ni. The van der Waals surface area contributed by atoms with Crippen LogP contribution >= 0.6 is 0 Å². The van der Waals surface area contributed by atoms with Gasteiger partial charge in [-0.05, 0) is 73.9 Å². The van der Waals surface area contributed by atoms with Crippen molar-refractivity contribution in [2.75, 3.05) is 0 Å². The van der Waals surface area contributed by atoms with Crippen molar-refractivity contribution in [1.82, 2.24) is 0 Å². The van der Waals surface area contributed by atoms with Crippen LogP contribution in [0.15, 0.2) is 58.5 Å². The summed E-state index contributed by atoms with van der Waals surface area (Å²) in [6.07, 6.45) is 58.6. The monoisotopic (exact) mass is 883 g/mol. The van der Waals surface area contributed by atoms with Gasteiger partial charge in [-0.25, -0.2) is 0 Å². The minimum Gasteiger partial charge on any atom is -0.255 e. The zero-order valence-electron chi connectivity index (χ0n) is 40.9. The maximum Gasteiger partial charge on any atom is 0.0636 e. The molecule has 2 aromatic carbocycles. The molecule has 352 valence electrons. The quantitative estimate of drug-likeness (QED) is 0.0360. The Morgan fingerprint density at radius 3 is 1.02 bits per heavy atom. The predicted molar refractivity (Wildman–Crippen MR) is 273 cm³/mol. The van der Waals surface area contributed by atoms with E-state index < -0.39 is 0 Å². The first-order valence-electron chi connectivity index (χ1n) is 27.0. The molecule has 0 saturated heterocycles. The Morgan fingerprint density at radius 2 is 0.656 bits per heavy atom. The normalized spacial score (nSPS) is 11.8. The van der Waals surface area contributed by atoms with Gasteiger partial charge in [-0.2, -0.15) is 0 Å². The number of rotatable bonds is 44. The fourth-order valence-corrected chi connectivity index (χ4v) is 8.88. The molecule has 0 aromatic heterocycles. The fourth-order valence-electron chi connectivity index (χ4n) is 8.88. The third-order valence-electron chi connectivity index (χ3n) is 12.9. The smallest absolute Gasteiger partial charge is 0.0636 e. The third kappa shape index (κ3) is 36.3. The van der Waals surface area contributed by atoms with Crippen molar-refractivity contribution in [1.29, 1.82) is 0 Å². The first-order valence-corrected chi connectivity index (χ1v) is 27.0. The van der Waals surface area contributed by atoms with Gasteiger partial charge in [0.25, 0.3) is 0 Å². The SMILES string of the molecule is CCCCCCCCCCCCCCCCCCc1cccc(/N=C(\C=N\c2cccc(CCCCCCCCCCCCCCCCCC)c2)CCCCCCCC)c1.[Ni]. The summed E-state index contributed by atoms with van der Waals surface area (Å²) >= 11 is 0. The standard InChI is InChI=1S/C58H100N2.Ni/c1-4-7-10-13-16-18-20-22-24-26-28-30-32-34-36-39-44-54-46-42-49-56(51-54)59-53-58(48-41-38-15-12-9-6-3)60-57-50-43-47-55(52-57)45-40-37-35-33-31-29-27-25-23-21-19-17-14-11-8-5-2;/h42-43,46-47,49-53H,4-41,44-45,48H2,1-3H3;/b59-53+,60-58-;. The van der Waals surface area contributed by atoms with Gasteiger partial charge in [0.2, 0.25) is 0 Å². The number of hydrogen-bond acceptors (Lipinski definition) is 2. The molecule has 0 heterocycles. The van der Waals surface area contributed by atoms with Crippen LogP contribution in [0, 0.1) is 0 Å². The number of aryl methyl sites for hydroxylation is 2. The summed E-state index contributed by atoms with van der Waals surface area (Å²) in [5, 5.41) is 0. The third-order valence-corrected chi connectivity index (χ3v) is 12.9. The van der Waals surface area contributed by atoms with E-state index in [9.17, 15) is 0 Å². The molecule has 61 heavy (non-hydrogen) atoms. The van der Waals surface area contributed by atoms with Gasteiger partial charge in [-0.3, -0.25) is 9.98 Å². The first-order chi connectivity index (χ1) is 29.7. The van der Waals surface area contributed by atoms with Crippen molar-refractivity contribution in [3.8, 4) is 0 Å². The fraction of sp³-hybridized carbons (Fsp3) is 0.759. The molecule has 3 heteroatoms. The number of nitrogens with zero attached hydrogens (tertiary/aromatic N) is 2. The van der Waals surface area contributed by atoms with E-state index in [1.54, 1.807) is 0 Å². The van der Waals surface area contributed by atoms with Crippen LogP contribution < -0.4 is 0 Å². The Kier molecular flexibility index (Phi) is 42.1. The molecule has 0 aliphatic heterocycles. The molecule has 0 radical (unpaired) electrons. The number of aliphatic imine (C=N–C) groups is 2. The van der Waals surface area contributed by atoms with E-state index in [0.29, 0.717) is 0 Å². The maximum atomic E-state index is 5.21. The molecule has 2 rings (SSSR count). The summed E-state index contributed by atoms with van der Waals surface area (Å²) in [6.45, 7) is 6.91. The minimum absolute atomic E-state index is 0.